The SMILES string of the molecule is Cc1ncsc1-c1ccc(CNC(=O)C2CCCN2C(=O)C(NC(=O)C2(F)CC2)C(C)(C)C)c(OC2CCC(=O)CC2)c1. The summed E-state index contributed by atoms with van der Waals surface area (Å²) in [6.07, 6.45) is 3.69. The third-order valence-electron chi connectivity index (χ3n) is 8.63. The number of likely N-dealkylation sites (tertiary alicyclic amines) is 1. The van der Waals surface area contributed by atoms with E-state index in [9.17, 15) is 23.6 Å². The number of hydrogen-bond acceptors (Lipinski definition) is 7. The zero-order valence-corrected chi connectivity index (χ0v) is 26.2. The van der Waals surface area contributed by atoms with E-state index in [1.165, 1.54) is 4.90 Å². The third kappa shape index (κ3) is 7.08. The molecule has 232 valence electrons. The molecule has 0 radical (unpaired) electrons. The number of aromatic nitrogens is 1. The quantitative estimate of drug-likeness (QED) is 0.426. The number of nitrogens with one attached hydrogen (secondary N) is 2. The summed E-state index contributed by atoms with van der Waals surface area (Å²) in [6, 6.07) is 4.25. The molecule has 2 heterocycles. The molecule has 11 heteroatoms. The monoisotopic (exact) mass is 612 g/mol. The molecule has 3 aliphatic rings. The molecular formula is C32H41FN4O5S. The van der Waals surface area contributed by atoms with Crippen molar-refractivity contribution in [2.75, 3.05) is 6.54 Å². The van der Waals surface area contributed by atoms with E-state index in [2.05, 4.69) is 15.6 Å². The van der Waals surface area contributed by atoms with Gasteiger partial charge in [0.2, 0.25) is 11.8 Å². The Kier molecular flexibility index (Phi) is 8.92. The van der Waals surface area contributed by atoms with E-state index in [4.69, 9.17) is 4.74 Å². The standard InChI is InChI=1S/C32H41FN4O5S/c1-19-26(43-18-35-19)20-7-8-21(25(16-20)42-23-11-9-22(38)10-12-23)17-34-28(39)24-6-5-15-37(24)29(40)27(31(2,3)4)36-30(41)32(33)13-14-32/h7-8,16,18,23-24,27H,5-6,9-15,17H2,1-4H3,(H,34,39)(H,36,41). The van der Waals surface area contributed by atoms with Crippen LogP contribution in [-0.2, 0) is 25.7 Å². The van der Waals surface area contributed by atoms with Crippen LogP contribution in [0, 0.1) is 12.3 Å². The fraction of sp³-hybridized carbons (Fsp3) is 0.594. The summed E-state index contributed by atoms with van der Waals surface area (Å²) in [6.45, 7) is 8.00. The van der Waals surface area contributed by atoms with E-state index >= 15 is 0 Å². The molecule has 1 aromatic carbocycles. The Bertz CT molecular complexity index is 1390. The Morgan fingerprint density at radius 1 is 1.19 bits per heavy atom. The summed E-state index contributed by atoms with van der Waals surface area (Å²) in [5.74, 6) is -0.511. The van der Waals surface area contributed by atoms with Crippen LogP contribution in [-0.4, -0.2) is 63.8 Å². The largest absolute Gasteiger partial charge is 0.490 e. The first-order valence-electron chi connectivity index (χ1n) is 15.2. The number of nitrogens with zero attached hydrogens (tertiary/aromatic N) is 2. The van der Waals surface area contributed by atoms with Crippen molar-refractivity contribution >= 4 is 34.8 Å². The van der Waals surface area contributed by atoms with Gasteiger partial charge in [0.05, 0.1) is 22.2 Å². The Balaban J connectivity index is 1.29. The summed E-state index contributed by atoms with van der Waals surface area (Å²) in [5, 5.41) is 5.65. The van der Waals surface area contributed by atoms with Crippen LogP contribution in [0.5, 0.6) is 5.75 Å². The smallest absolute Gasteiger partial charge is 0.258 e. The van der Waals surface area contributed by atoms with Gasteiger partial charge in [0, 0.05) is 31.5 Å². The lowest BCUT2D eigenvalue weighted by Gasteiger charge is -2.35. The number of thiazole rings is 1. The maximum atomic E-state index is 14.4. The highest BCUT2D eigenvalue weighted by Crippen LogP contribution is 2.40. The lowest BCUT2D eigenvalue weighted by Crippen LogP contribution is -2.58. The van der Waals surface area contributed by atoms with Crippen molar-refractivity contribution in [3.8, 4) is 16.2 Å². The predicted octanol–water partition coefficient (Wildman–Crippen LogP) is 4.65. The average molecular weight is 613 g/mol. The molecule has 0 bridgehead atoms. The van der Waals surface area contributed by atoms with Gasteiger partial charge in [-0.05, 0) is 62.5 Å². The number of benzene rings is 1. The first-order chi connectivity index (χ1) is 20.4. The van der Waals surface area contributed by atoms with Gasteiger partial charge in [-0.1, -0.05) is 32.9 Å². The average Bonchev–Trinajstić information content (AvgIpc) is 3.32. The van der Waals surface area contributed by atoms with E-state index in [0.29, 0.717) is 50.8 Å². The molecule has 2 atom stereocenters. The number of rotatable bonds is 9. The number of alkyl halides is 1. The van der Waals surface area contributed by atoms with Gasteiger partial charge in [-0.3, -0.25) is 19.2 Å². The normalized spacial score (nSPS) is 20.9. The van der Waals surface area contributed by atoms with E-state index < -0.39 is 29.1 Å². The minimum Gasteiger partial charge on any atom is -0.490 e. The van der Waals surface area contributed by atoms with Crippen molar-refractivity contribution in [2.45, 2.75) is 109 Å². The van der Waals surface area contributed by atoms with E-state index in [1.807, 2.05) is 45.9 Å². The molecule has 9 nitrogen and oxygen atoms in total. The van der Waals surface area contributed by atoms with Gasteiger partial charge in [-0.2, -0.15) is 0 Å². The number of Topliss-reactive ketones (excluding diaryl/α,β-unsaturated/α-hetero) is 1. The van der Waals surface area contributed by atoms with Crippen molar-refractivity contribution in [3.05, 3.63) is 35.0 Å². The van der Waals surface area contributed by atoms with Crippen molar-refractivity contribution in [2.24, 2.45) is 5.41 Å². The number of halogens is 1. The summed E-state index contributed by atoms with van der Waals surface area (Å²) >= 11 is 1.55. The molecule has 43 heavy (non-hydrogen) atoms. The predicted molar refractivity (Wildman–Crippen MR) is 161 cm³/mol. The van der Waals surface area contributed by atoms with Gasteiger partial charge in [-0.25, -0.2) is 9.37 Å². The minimum absolute atomic E-state index is 0.0865. The maximum Gasteiger partial charge on any atom is 0.258 e. The van der Waals surface area contributed by atoms with Crippen LogP contribution in [0.2, 0.25) is 0 Å². The first kappa shape index (κ1) is 31.1. The summed E-state index contributed by atoms with van der Waals surface area (Å²) in [4.78, 5) is 58.4. The number of hydrogen-bond donors (Lipinski definition) is 2. The second kappa shape index (κ2) is 12.3. The molecule has 1 saturated heterocycles. The maximum absolute atomic E-state index is 14.4. The highest BCUT2D eigenvalue weighted by Gasteiger charge is 2.53. The van der Waals surface area contributed by atoms with Gasteiger partial charge in [0.15, 0.2) is 5.67 Å². The molecule has 2 N–H and O–H groups in total. The van der Waals surface area contributed by atoms with E-state index in [0.717, 1.165) is 21.7 Å². The number of carbonyl (C=O) groups excluding carboxylic acids is 4. The van der Waals surface area contributed by atoms with Crippen LogP contribution < -0.4 is 15.4 Å². The lowest BCUT2D eigenvalue weighted by molar-refractivity contribution is -0.144. The van der Waals surface area contributed by atoms with Crippen molar-refractivity contribution < 1.29 is 28.3 Å². The molecule has 0 spiro atoms. The second-order valence-corrected chi connectivity index (χ2v) is 13.9. The molecule has 1 aliphatic heterocycles. The lowest BCUT2D eigenvalue weighted by atomic mass is 9.85. The Hall–Kier alpha value is -3.34. The Morgan fingerprint density at radius 3 is 2.53 bits per heavy atom. The number of amides is 3. The summed E-state index contributed by atoms with van der Waals surface area (Å²) < 4.78 is 20.9. The Labute approximate surface area is 256 Å². The molecule has 3 fully saturated rings. The Morgan fingerprint density at radius 2 is 1.91 bits per heavy atom. The second-order valence-electron chi connectivity index (χ2n) is 13.1. The van der Waals surface area contributed by atoms with Gasteiger partial charge < -0.3 is 20.3 Å². The van der Waals surface area contributed by atoms with E-state index in [-0.39, 0.29) is 43.1 Å². The first-order valence-corrected chi connectivity index (χ1v) is 16.0. The topological polar surface area (TPSA) is 118 Å². The molecule has 5 rings (SSSR count). The molecule has 2 unspecified atom stereocenters. The minimum atomic E-state index is -1.90. The molecule has 2 saturated carbocycles. The van der Waals surface area contributed by atoms with Gasteiger partial charge in [0.1, 0.15) is 23.6 Å². The molecular weight excluding hydrogens is 571 g/mol. The molecule has 1 aromatic heterocycles. The van der Waals surface area contributed by atoms with Crippen molar-refractivity contribution in [1.29, 1.82) is 0 Å². The van der Waals surface area contributed by atoms with Crippen LogP contribution in [0.15, 0.2) is 23.7 Å². The van der Waals surface area contributed by atoms with Crippen LogP contribution in [0.25, 0.3) is 10.4 Å². The highest BCUT2D eigenvalue weighted by molar-refractivity contribution is 7.13. The van der Waals surface area contributed by atoms with Crippen LogP contribution in [0.1, 0.15) is 83.4 Å². The van der Waals surface area contributed by atoms with E-state index in [1.54, 1.807) is 16.8 Å². The fourth-order valence-electron chi connectivity index (χ4n) is 5.76. The van der Waals surface area contributed by atoms with Gasteiger partial charge in [0.25, 0.3) is 5.91 Å². The van der Waals surface area contributed by atoms with Gasteiger partial charge >= 0.3 is 0 Å². The third-order valence-corrected chi connectivity index (χ3v) is 9.61. The molecule has 2 aliphatic carbocycles. The summed E-state index contributed by atoms with van der Waals surface area (Å²) in [7, 11) is 0. The number of carbonyl (C=O) groups is 4. The number of ketones is 1. The van der Waals surface area contributed by atoms with Crippen LogP contribution in [0.3, 0.4) is 0 Å². The highest BCUT2D eigenvalue weighted by atomic mass is 32.1. The fourth-order valence-corrected chi connectivity index (χ4v) is 6.56. The summed E-state index contributed by atoms with van der Waals surface area (Å²) in [5.41, 5.74) is 1.93. The number of aryl methyl sites for hydroxylation is 1. The van der Waals surface area contributed by atoms with Gasteiger partial charge in [-0.15, -0.1) is 11.3 Å². The van der Waals surface area contributed by atoms with Crippen molar-refractivity contribution in [1.82, 2.24) is 20.5 Å². The van der Waals surface area contributed by atoms with Crippen LogP contribution >= 0.6 is 11.3 Å². The van der Waals surface area contributed by atoms with Crippen LogP contribution in [0.4, 0.5) is 4.39 Å². The number of ether oxygens (including phenoxy) is 1. The molecule has 2 aromatic rings. The zero-order chi connectivity index (χ0) is 30.9. The molecule has 3 amide bonds. The van der Waals surface area contributed by atoms with Crippen molar-refractivity contribution in [3.63, 3.8) is 0 Å². The zero-order valence-electron chi connectivity index (χ0n) is 25.3.